The Kier molecular flexibility index (Phi) is 8.15. The van der Waals surface area contributed by atoms with Crippen LogP contribution in [0.3, 0.4) is 0 Å². The van der Waals surface area contributed by atoms with Gasteiger partial charge in [0.05, 0.1) is 0 Å². The van der Waals surface area contributed by atoms with Gasteiger partial charge < -0.3 is 15.7 Å². The molecule has 0 spiro atoms. The first-order valence-electron chi connectivity index (χ1n) is 9.19. The van der Waals surface area contributed by atoms with Crippen LogP contribution in [0.25, 0.3) is 6.08 Å². The summed E-state index contributed by atoms with van der Waals surface area (Å²) in [5.41, 5.74) is 2.06. The van der Waals surface area contributed by atoms with E-state index in [0.717, 1.165) is 10.0 Å². The Morgan fingerprint density at radius 3 is 2.24 bits per heavy atom. The number of hydrogen-bond donors (Lipinski definition) is 3. The summed E-state index contributed by atoms with van der Waals surface area (Å²) >= 11 is 3.35. The Bertz CT molecular complexity index is 905. The van der Waals surface area contributed by atoms with Gasteiger partial charge >= 0.3 is 5.97 Å². The zero-order chi connectivity index (χ0) is 21.4. The van der Waals surface area contributed by atoms with Crippen LogP contribution in [0.2, 0.25) is 0 Å². The first-order valence-corrected chi connectivity index (χ1v) is 9.98. The summed E-state index contributed by atoms with van der Waals surface area (Å²) in [5, 5.41) is 14.4. The molecule has 7 heteroatoms. The van der Waals surface area contributed by atoms with Crippen LogP contribution < -0.4 is 10.6 Å². The van der Waals surface area contributed by atoms with Crippen molar-refractivity contribution >= 4 is 39.8 Å². The van der Waals surface area contributed by atoms with Crippen LogP contribution in [-0.4, -0.2) is 28.9 Å². The number of carbonyl (C=O) groups excluding carboxylic acids is 2. The second-order valence-corrected chi connectivity index (χ2v) is 7.50. The standard InChI is InChI=1S/C22H23BrN2O4/c1-3-4-18(22(28)29)24-21(27)19(13-15-7-11-17(23)12-8-15)25-20(26)16-9-5-14(2)6-10-16/h5-13,18H,3-4H2,1-2H3,(H,24,27)(H,25,26)(H,28,29)/b19-13-/t18-/m0/s1. The van der Waals surface area contributed by atoms with E-state index in [-0.39, 0.29) is 5.70 Å². The molecular formula is C22H23BrN2O4. The summed E-state index contributed by atoms with van der Waals surface area (Å²) in [6, 6.07) is 13.1. The van der Waals surface area contributed by atoms with Crippen LogP contribution in [0, 0.1) is 6.92 Å². The maximum atomic E-state index is 12.8. The number of aryl methyl sites for hydroxylation is 1. The molecule has 0 radical (unpaired) electrons. The van der Waals surface area contributed by atoms with E-state index >= 15 is 0 Å². The fraction of sp³-hybridized carbons (Fsp3) is 0.227. The molecule has 152 valence electrons. The summed E-state index contributed by atoms with van der Waals surface area (Å²) in [6.07, 6.45) is 2.40. The minimum absolute atomic E-state index is 0.0275. The van der Waals surface area contributed by atoms with Crippen molar-refractivity contribution in [2.45, 2.75) is 32.7 Å². The Hall–Kier alpha value is -2.93. The van der Waals surface area contributed by atoms with Gasteiger partial charge in [0.15, 0.2) is 0 Å². The molecule has 0 saturated heterocycles. The Morgan fingerprint density at radius 2 is 1.69 bits per heavy atom. The van der Waals surface area contributed by atoms with Crippen LogP contribution in [0.5, 0.6) is 0 Å². The lowest BCUT2D eigenvalue weighted by Gasteiger charge is -2.16. The van der Waals surface area contributed by atoms with Crippen LogP contribution in [0.4, 0.5) is 0 Å². The predicted molar refractivity (Wildman–Crippen MR) is 115 cm³/mol. The van der Waals surface area contributed by atoms with E-state index in [2.05, 4.69) is 26.6 Å². The smallest absolute Gasteiger partial charge is 0.326 e. The fourth-order valence-corrected chi connectivity index (χ4v) is 2.83. The quantitative estimate of drug-likeness (QED) is 0.522. The lowest BCUT2D eigenvalue weighted by Crippen LogP contribution is -2.44. The number of amides is 2. The summed E-state index contributed by atoms with van der Waals surface area (Å²) in [4.78, 5) is 36.8. The van der Waals surface area contributed by atoms with E-state index in [1.54, 1.807) is 48.5 Å². The molecule has 0 aliphatic rings. The number of nitrogens with one attached hydrogen (secondary N) is 2. The molecule has 0 saturated carbocycles. The first-order chi connectivity index (χ1) is 13.8. The van der Waals surface area contributed by atoms with Crippen molar-refractivity contribution in [3.63, 3.8) is 0 Å². The molecule has 0 aliphatic heterocycles. The minimum Gasteiger partial charge on any atom is -0.480 e. The van der Waals surface area contributed by atoms with Crippen LogP contribution >= 0.6 is 15.9 Å². The van der Waals surface area contributed by atoms with Crippen molar-refractivity contribution in [1.82, 2.24) is 10.6 Å². The van der Waals surface area contributed by atoms with Gasteiger partial charge in [-0.25, -0.2) is 4.79 Å². The van der Waals surface area contributed by atoms with Gasteiger partial charge in [0.2, 0.25) is 0 Å². The molecular weight excluding hydrogens is 436 g/mol. The average molecular weight is 459 g/mol. The second-order valence-electron chi connectivity index (χ2n) is 6.58. The van der Waals surface area contributed by atoms with Crippen molar-refractivity contribution in [2.75, 3.05) is 0 Å². The molecule has 0 heterocycles. The van der Waals surface area contributed by atoms with Gasteiger partial charge in [-0.15, -0.1) is 0 Å². The molecule has 0 aliphatic carbocycles. The third-order valence-corrected chi connectivity index (χ3v) is 4.70. The number of carbonyl (C=O) groups is 3. The van der Waals surface area contributed by atoms with Crippen molar-refractivity contribution in [3.05, 3.63) is 75.4 Å². The van der Waals surface area contributed by atoms with Gasteiger partial charge in [-0.05, 0) is 49.2 Å². The van der Waals surface area contributed by atoms with Gasteiger partial charge in [0, 0.05) is 10.0 Å². The highest BCUT2D eigenvalue weighted by Crippen LogP contribution is 2.14. The normalized spacial score (nSPS) is 12.2. The molecule has 0 unspecified atom stereocenters. The first kappa shape index (κ1) is 22.4. The molecule has 2 rings (SSSR count). The number of aliphatic carboxylic acids is 1. The fourth-order valence-electron chi connectivity index (χ4n) is 2.57. The van der Waals surface area contributed by atoms with Crippen LogP contribution in [0.1, 0.15) is 41.3 Å². The summed E-state index contributed by atoms with van der Waals surface area (Å²) in [5.74, 6) is -2.23. The highest BCUT2D eigenvalue weighted by atomic mass is 79.9. The molecule has 3 N–H and O–H groups in total. The topological polar surface area (TPSA) is 95.5 Å². The molecule has 0 bridgehead atoms. The molecule has 2 aromatic rings. The number of hydrogen-bond acceptors (Lipinski definition) is 3. The van der Waals surface area contributed by atoms with Gasteiger partial charge in [-0.2, -0.15) is 0 Å². The van der Waals surface area contributed by atoms with E-state index in [0.29, 0.717) is 24.0 Å². The maximum absolute atomic E-state index is 12.8. The number of rotatable bonds is 8. The van der Waals surface area contributed by atoms with Crippen LogP contribution in [-0.2, 0) is 9.59 Å². The highest BCUT2D eigenvalue weighted by molar-refractivity contribution is 9.10. The zero-order valence-corrected chi connectivity index (χ0v) is 17.8. The van der Waals surface area contributed by atoms with Crippen molar-refractivity contribution < 1.29 is 19.5 Å². The number of halogens is 1. The Labute approximate surface area is 178 Å². The number of carboxylic acids is 1. The van der Waals surface area contributed by atoms with Crippen molar-refractivity contribution in [1.29, 1.82) is 0 Å². The molecule has 6 nitrogen and oxygen atoms in total. The lowest BCUT2D eigenvalue weighted by atomic mass is 10.1. The van der Waals surface area contributed by atoms with Crippen molar-refractivity contribution in [2.24, 2.45) is 0 Å². The summed E-state index contributed by atoms with van der Waals surface area (Å²) < 4.78 is 0.873. The van der Waals surface area contributed by atoms with Gasteiger partial charge in [-0.1, -0.05) is 59.1 Å². The van der Waals surface area contributed by atoms with Gasteiger partial charge in [0.1, 0.15) is 11.7 Å². The number of benzene rings is 2. The third-order valence-electron chi connectivity index (χ3n) is 4.17. The highest BCUT2D eigenvalue weighted by Gasteiger charge is 2.22. The molecule has 29 heavy (non-hydrogen) atoms. The third kappa shape index (κ3) is 6.87. The van der Waals surface area contributed by atoms with E-state index in [1.807, 2.05) is 13.8 Å². The lowest BCUT2D eigenvalue weighted by molar-refractivity contribution is -0.141. The van der Waals surface area contributed by atoms with E-state index in [4.69, 9.17) is 0 Å². The van der Waals surface area contributed by atoms with Crippen molar-refractivity contribution in [3.8, 4) is 0 Å². The maximum Gasteiger partial charge on any atom is 0.326 e. The number of carboxylic acid groups (broad SMARTS) is 1. The summed E-state index contributed by atoms with van der Waals surface area (Å²) in [6.45, 7) is 3.74. The van der Waals surface area contributed by atoms with E-state index in [1.165, 1.54) is 6.08 Å². The predicted octanol–water partition coefficient (Wildman–Crippen LogP) is 3.90. The molecule has 1 atom stereocenters. The molecule has 2 aromatic carbocycles. The Balaban J connectivity index is 2.30. The minimum atomic E-state index is -1.12. The van der Waals surface area contributed by atoms with Gasteiger partial charge in [-0.3, -0.25) is 9.59 Å². The summed E-state index contributed by atoms with van der Waals surface area (Å²) in [7, 11) is 0. The second kappa shape index (κ2) is 10.6. The van der Waals surface area contributed by atoms with E-state index < -0.39 is 23.8 Å². The molecule has 0 aromatic heterocycles. The monoisotopic (exact) mass is 458 g/mol. The average Bonchev–Trinajstić information content (AvgIpc) is 2.69. The SMILES string of the molecule is CCC[C@H](NC(=O)/C(=C/c1ccc(Br)cc1)NC(=O)c1ccc(C)cc1)C(=O)O. The molecule has 2 amide bonds. The molecule has 0 fully saturated rings. The zero-order valence-electron chi connectivity index (χ0n) is 16.2. The Morgan fingerprint density at radius 1 is 1.07 bits per heavy atom. The van der Waals surface area contributed by atoms with Gasteiger partial charge in [0.25, 0.3) is 11.8 Å². The largest absolute Gasteiger partial charge is 0.480 e. The van der Waals surface area contributed by atoms with Crippen LogP contribution in [0.15, 0.2) is 58.7 Å². The van der Waals surface area contributed by atoms with E-state index in [9.17, 15) is 19.5 Å².